The molecule has 0 saturated carbocycles. The van der Waals surface area contributed by atoms with Gasteiger partial charge in [-0.1, -0.05) is 26.3 Å². The third-order valence-corrected chi connectivity index (χ3v) is 1.86. The summed E-state index contributed by atoms with van der Waals surface area (Å²) in [7, 11) is 0. The fourth-order valence-electron chi connectivity index (χ4n) is 0.971. The van der Waals surface area contributed by atoms with Gasteiger partial charge in [0.15, 0.2) is 0 Å². The highest BCUT2D eigenvalue weighted by Gasteiger charge is 2.01. The SMILES string of the molecule is C=C(CCNCCCCC)C(=O)O. The number of carbonyl (C=O) groups is 1. The first-order chi connectivity index (χ1) is 6.18. The van der Waals surface area contributed by atoms with Gasteiger partial charge < -0.3 is 10.4 Å². The van der Waals surface area contributed by atoms with E-state index in [1.54, 1.807) is 0 Å². The van der Waals surface area contributed by atoms with E-state index in [1.165, 1.54) is 12.8 Å². The lowest BCUT2D eigenvalue weighted by molar-refractivity contribution is -0.132. The molecular weight excluding hydrogens is 166 g/mol. The molecule has 0 amide bonds. The number of rotatable bonds is 8. The van der Waals surface area contributed by atoms with Crippen LogP contribution in [0.3, 0.4) is 0 Å². The Hall–Kier alpha value is -0.830. The van der Waals surface area contributed by atoms with Gasteiger partial charge >= 0.3 is 5.97 Å². The van der Waals surface area contributed by atoms with E-state index in [1.807, 2.05) is 0 Å². The van der Waals surface area contributed by atoms with Crippen LogP contribution in [0.15, 0.2) is 12.2 Å². The van der Waals surface area contributed by atoms with E-state index in [9.17, 15) is 4.79 Å². The topological polar surface area (TPSA) is 49.3 Å². The maximum atomic E-state index is 10.3. The molecule has 2 N–H and O–H groups in total. The Balaban J connectivity index is 3.16. The summed E-state index contributed by atoms with van der Waals surface area (Å²) in [5.41, 5.74) is 0.281. The molecule has 0 rings (SSSR count). The fraction of sp³-hybridized carbons (Fsp3) is 0.700. The molecule has 76 valence electrons. The summed E-state index contributed by atoms with van der Waals surface area (Å²) in [5.74, 6) is -0.893. The second-order valence-corrected chi connectivity index (χ2v) is 3.12. The largest absolute Gasteiger partial charge is 0.478 e. The van der Waals surface area contributed by atoms with Gasteiger partial charge in [-0.3, -0.25) is 0 Å². The fourth-order valence-corrected chi connectivity index (χ4v) is 0.971. The van der Waals surface area contributed by atoms with Crippen molar-refractivity contribution in [1.82, 2.24) is 5.32 Å². The molecule has 0 saturated heterocycles. The molecule has 0 fully saturated rings. The summed E-state index contributed by atoms with van der Waals surface area (Å²) in [6.45, 7) is 7.30. The van der Waals surface area contributed by atoms with Gasteiger partial charge in [-0.05, 0) is 25.9 Å². The Labute approximate surface area is 79.8 Å². The van der Waals surface area contributed by atoms with Crippen molar-refractivity contribution in [3.05, 3.63) is 12.2 Å². The van der Waals surface area contributed by atoms with Crippen molar-refractivity contribution in [2.75, 3.05) is 13.1 Å². The van der Waals surface area contributed by atoms with Crippen LogP contribution < -0.4 is 5.32 Å². The summed E-state index contributed by atoms with van der Waals surface area (Å²) >= 11 is 0. The zero-order valence-electron chi connectivity index (χ0n) is 8.31. The van der Waals surface area contributed by atoms with Crippen LogP contribution in [-0.2, 0) is 4.79 Å². The van der Waals surface area contributed by atoms with Gasteiger partial charge in [0.05, 0.1) is 0 Å². The lowest BCUT2D eigenvalue weighted by Gasteiger charge is -2.03. The van der Waals surface area contributed by atoms with Crippen LogP contribution in [0.4, 0.5) is 0 Å². The Kier molecular flexibility index (Phi) is 7.30. The van der Waals surface area contributed by atoms with Crippen molar-refractivity contribution in [3.63, 3.8) is 0 Å². The summed E-state index contributed by atoms with van der Waals surface area (Å²) in [6.07, 6.45) is 4.13. The second kappa shape index (κ2) is 7.80. The van der Waals surface area contributed by atoms with Gasteiger partial charge in [-0.25, -0.2) is 4.79 Å². The van der Waals surface area contributed by atoms with Crippen molar-refractivity contribution < 1.29 is 9.90 Å². The minimum atomic E-state index is -0.893. The van der Waals surface area contributed by atoms with Gasteiger partial charge in [0, 0.05) is 5.57 Å². The summed E-state index contributed by atoms with van der Waals surface area (Å²) in [5, 5.41) is 11.7. The van der Waals surface area contributed by atoms with E-state index in [2.05, 4.69) is 18.8 Å². The van der Waals surface area contributed by atoms with Crippen molar-refractivity contribution in [3.8, 4) is 0 Å². The first-order valence-electron chi connectivity index (χ1n) is 4.80. The van der Waals surface area contributed by atoms with Crippen LogP contribution in [0.25, 0.3) is 0 Å². The number of hydrogen-bond donors (Lipinski definition) is 2. The van der Waals surface area contributed by atoms with E-state index in [0.717, 1.165) is 19.5 Å². The van der Waals surface area contributed by atoms with Crippen LogP contribution in [-0.4, -0.2) is 24.2 Å². The van der Waals surface area contributed by atoms with Crippen LogP contribution in [0, 0.1) is 0 Å². The molecule has 0 bridgehead atoms. The highest BCUT2D eigenvalue weighted by molar-refractivity contribution is 5.85. The summed E-state index contributed by atoms with van der Waals surface area (Å²) in [6, 6.07) is 0. The molecule has 0 atom stereocenters. The highest BCUT2D eigenvalue weighted by atomic mass is 16.4. The number of carboxylic acids is 1. The summed E-state index contributed by atoms with van der Waals surface area (Å²) in [4.78, 5) is 10.3. The van der Waals surface area contributed by atoms with E-state index >= 15 is 0 Å². The zero-order valence-corrected chi connectivity index (χ0v) is 8.31. The Morgan fingerprint density at radius 1 is 1.38 bits per heavy atom. The number of nitrogens with one attached hydrogen (secondary N) is 1. The molecule has 0 aliphatic rings. The second-order valence-electron chi connectivity index (χ2n) is 3.12. The third-order valence-electron chi connectivity index (χ3n) is 1.86. The molecule has 3 heteroatoms. The summed E-state index contributed by atoms with van der Waals surface area (Å²) < 4.78 is 0. The normalized spacial score (nSPS) is 9.92. The van der Waals surface area contributed by atoms with E-state index in [4.69, 9.17) is 5.11 Å². The smallest absolute Gasteiger partial charge is 0.330 e. The third kappa shape index (κ3) is 7.53. The molecule has 0 unspecified atom stereocenters. The number of carboxylic acid groups (broad SMARTS) is 1. The maximum Gasteiger partial charge on any atom is 0.330 e. The van der Waals surface area contributed by atoms with Crippen molar-refractivity contribution >= 4 is 5.97 Å². The highest BCUT2D eigenvalue weighted by Crippen LogP contribution is 1.96. The van der Waals surface area contributed by atoms with Gasteiger partial charge in [-0.2, -0.15) is 0 Å². The van der Waals surface area contributed by atoms with Gasteiger partial charge in [0.2, 0.25) is 0 Å². The Morgan fingerprint density at radius 3 is 2.62 bits per heavy atom. The molecule has 0 aromatic rings. The molecule has 3 nitrogen and oxygen atoms in total. The maximum absolute atomic E-state index is 10.3. The van der Waals surface area contributed by atoms with Crippen molar-refractivity contribution in [2.24, 2.45) is 0 Å². The van der Waals surface area contributed by atoms with Gasteiger partial charge in [0.25, 0.3) is 0 Å². The predicted molar refractivity (Wildman–Crippen MR) is 53.8 cm³/mol. The minimum absolute atomic E-state index is 0.281. The monoisotopic (exact) mass is 185 g/mol. The molecule has 0 aromatic heterocycles. The van der Waals surface area contributed by atoms with E-state index in [0.29, 0.717) is 6.42 Å². The van der Waals surface area contributed by atoms with E-state index in [-0.39, 0.29) is 5.57 Å². The van der Waals surface area contributed by atoms with Gasteiger partial charge in [-0.15, -0.1) is 0 Å². The van der Waals surface area contributed by atoms with Crippen LogP contribution in [0.5, 0.6) is 0 Å². The quantitative estimate of drug-likeness (QED) is 0.448. The van der Waals surface area contributed by atoms with Crippen molar-refractivity contribution in [1.29, 1.82) is 0 Å². The lowest BCUT2D eigenvalue weighted by Crippen LogP contribution is -2.18. The lowest BCUT2D eigenvalue weighted by atomic mass is 10.2. The number of unbranched alkanes of at least 4 members (excludes halogenated alkanes) is 2. The molecule has 0 aliphatic carbocycles. The number of hydrogen-bond acceptors (Lipinski definition) is 2. The Bertz CT molecular complexity index is 166. The Morgan fingerprint density at radius 2 is 2.08 bits per heavy atom. The molecule has 0 spiro atoms. The standard InChI is InChI=1S/C10H19NO2/c1-3-4-5-7-11-8-6-9(2)10(12)13/h11H,2-8H2,1H3,(H,12,13). The molecule has 0 heterocycles. The van der Waals surface area contributed by atoms with E-state index < -0.39 is 5.97 Å². The first kappa shape index (κ1) is 12.2. The molecule has 13 heavy (non-hydrogen) atoms. The van der Waals surface area contributed by atoms with Crippen LogP contribution in [0.1, 0.15) is 32.6 Å². The average Bonchev–Trinajstić information content (AvgIpc) is 2.10. The number of aliphatic carboxylic acids is 1. The van der Waals surface area contributed by atoms with Crippen LogP contribution >= 0.6 is 0 Å². The van der Waals surface area contributed by atoms with Crippen LogP contribution in [0.2, 0.25) is 0 Å². The predicted octanol–water partition coefficient (Wildman–Crippen LogP) is 1.80. The first-order valence-corrected chi connectivity index (χ1v) is 4.80. The molecule has 0 aliphatic heterocycles. The molecular formula is C10H19NO2. The van der Waals surface area contributed by atoms with Crippen molar-refractivity contribution in [2.45, 2.75) is 32.6 Å². The average molecular weight is 185 g/mol. The molecule has 0 radical (unpaired) electrons. The van der Waals surface area contributed by atoms with Gasteiger partial charge in [0.1, 0.15) is 0 Å². The molecule has 0 aromatic carbocycles. The zero-order chi connectivity index (χ0) is 10.1. The minimum Gasteiger partial charge on any atom is -0.478 e.